The van der Waals surface area contributed by atoms with Crippen molar-refractivity contribution in [2.24, 2.45) is 10.4 Å². The molecular formula is C29H33ClF3N5O6S. The van der Waals surface area contributed by atoms with Crippen LogP contribution in [0.15, 0.2) is 46.0 Å². The van der Waals surface area contributed by atoms with E-state index in [1.165, 1.54) is 55.4 Å². The first kappa shape index (κ1) is 33.3. The van der Waals surface area contributed by atoms with Crippen LogP contribution in [0.3, 0.4) is 0 Å². The number of benzene rings is 1. The molecule has 3 aliphatic rings. The van der Waals surface area contributed by atoms with Crippen molar-refractivity contribution in [3.8, 4) is 0 Å². The SMILES string of the molecule is CCOC(=O)C1=C(CN2CC(F)(F)[C@@H]3[C@H]2CON3C[C@H](OC)C(C)(C)C(=O)O)NC(c2nccs2)=N[C@H]1c1cccc(F)c1Cl. The van der Waals surface area contributed by atoms with Gasteiger partial charge >= 0.3 is 11.9 Å². The fraction of sp³-hybridized carbons (Fsp3) is 0.517. The third-order valence-electron chi connectivity index (χ3n) is 8.28. The topological polar surface area (TPSA) is 126 Å². The molecule has 0 bridgehead atoms. The molecule has 2 aromatic rings. The van der Waals surface area contributed by atoms with E-state index in [9.17, 15) is 19.1 Å². The van der Waals surface area contributed by atoms with Gasteiger partial charge in [0.15, 0.2) is 10.8 Å². The molecule has 3 aliphatic heterocycles. The normalized spacial score (nSPS) is 24.3. The highest BCUT2D eigenvalue weighted by Crippen LogP contribution is 2.43. The van der Waals surface area contributed by atoms with Gasteiger partial charge in [-0.15, -0.1) is 11.3 Å². The Morgan fingerprint density at radius 2 is 2.11 bits per heavy atom. The smallest absolute Gasteiger partial charge is 0.338 e. The summed E-state index contributed by atoms with van der Waals surface area (Å²) in [6, 6.07) is 0.774. The summed E-state index contributed by atoms with van der Waals surface area (Å²) in [5.41, 5.74) is -0.974. The maximum Gasteiger partial charge on any atom is 0.338 e. The van der Waals surface area contributed by atoms with Crippen molar-refractivity contribution in [1.82, 2.24) is 20.3 Å². The highest BCUT2D eigenvalue weighted by molar-refractivity contribution is 7.11. The molecule has 4 heterocycles. The number of amidine groups is 1. The number of aliphatic carboxylic acids is 1. The van der Waals surface area contributed by atoms with Gasteiger partial charge in [-0.25, -0.2) is 22.9 Å². The number of nitrogens with zero attached hydrogens (tertiary/aromatic N) is 4. The fourth-order valence-corrected chi connectivity index (χ4v) is 6.65. The predicted octanol–water partition coefficient (Wildman–Crippen LogP) is 3.91. The molecule has 244 valence electrons. The standard InChI is InChI=1S/C29H33ClF3N5O6S/c1-5-43-26(39)20-17(35-24(25-34-9-10-45-25)36-22(20)15-7-6-8-16(31)21(15)30)11-37-14-29(32,33)23-18(37)13-44-38(23)12-19(42-4)28(2,3)27(40)41/h6-10,18-19,22-23H,5,11-14H2,1-4H3,(H,35,36)(H,40,41)/t18-,19+,22+,23+/m1/s1. The Kier molecular flexibility index (Phi) is 9.59. The van der Waals surface area contributed by atoms with Gasteiger partial charge in [-0.3, -0.25) is 19.5 Å². The molecule has 1 aromatic heterocycles. The number of alkyl halides is 2. The lowest BCUT2D eigenvalue weighted by Gasteiger charge is -2.34. The van der Waals surface area contributed by atoms with Crippen LogP contribution in [0.2, 0.25) is 5.02 Å². The van der Waals surface area contributed by atoms with E-state index < -0.39 is 59.9 Å². The van der Waals surface area contributed by atoms with E-state index >= 15 is 8.78 Å². The number of rotatable bonds is 11. The average molecular weight is 672 g/mol. The second kappa shape index (κ2) is 13.0. The van der Waals surface area contributed by atoms with Gasteiger partial charge in [-0.1, -0.05) is 23.7 Å². The van der Waals surface area contributed by atoms with Gasteiger partial charge < -0.3 is 19.9 Å². The molecule has 16 heteroatoms. The van der Waals surface area contributed by atoms with E-state index in [1.807, 2.05) is 0 Å². The highest BCUT2D eigenvalue weighted by Gasteiger charge is 2.61. The third kappa shape index (κ3) is 6.33. The number of hydrogen-bond acceptors (Lipinski definition) is 11. The van der Waals surface area contributed by atoms with Gasteiger partial charge in [-0.2, -0.15) is 5.06 Å². The molecule has 45 heavy (non-hydrogen) atoms. The largest absolute Gasteiger partial charge is 0.481 e. The Morgan fingerprint density at radius 3 is 2.76 bits per heavy atom. The van der Waals surface area contributed by atoms with E-state index in [0.717, 1.165) is 5.06 Å². The maximum atomic E-state index is 15.7. The highest BCUT2D eigenvalue weighted by atomic mass is 35.5. The molecule has 0 unspecified atom stereocenters. The summed E-state index contributed by atoms with van der Waals surface area (Å²) in [7, 11) is 1.32. The lowest BCUT2D eigenvalue weighted by atomic mass is 9.86. The van der Waals surface area contributed by atoms with E-state index in [4.69, 9.17) is 25.9 Å². The van der Waals surface area contributed by atoms with E-state index in [-0.39, 0.29) is 54.0 Å². The van der Waals surface area contributed by atoms with E-state index in [2.05, 4.69) is 15.3 Å². The van der Waals surface area contributed by atoms with E-state index in [0.29, 0.717) is 5.01 Å². The van der Waals surface area contributed by atoms with Gasteiger partial charge in [0.1, 0.15) is 17.9 Å². The number of hydroxylamine groups is 2. The molecule has 11 nitrogen and oxygen atoms in total. The van der Waals surface area contributed by atoms with Crippen molar-refractivity contribution in [3.63, 3.8) is 0 Å². The molecule has 0 spiro atoms. The molecule has 2 saturated heterocycles. The van der Waals surface area contributed by atoms with Crippen molar-refractivity contribution >= 4 is 40.7 Å². The summed E-state index contributed by atoms with van der Waals surface area (Å²) in [6.45, 7) is 3.37. The molecule has 5 rings (SSSR count). The summed E-state index contributed by atoms with van der Waals surface area (Å²) < 4.78 is 56.9. The zero-order chi connectivity index (χ0) is 32.7. The Balaban J connectivity index is 1.51. The van der Waals surface area contributed by atoms with Crippen LogP contribution in [0.1, 0.15) is 37.4 Å². The number of thiazole rings is 1. The van der Waals surface area contributed by atoms with Crippen molar-refractivity contribution < 1.29 is 42.2 Å². The van der Waals surface area contributed by atoms with Gasteiger partial charge in [0.25, 0.3) is 5.92 Å². The van der Waals surface area contributed by atoms with Gasteiger partial charge in [0.05, 0.1) is 54.5 Å². The summed E-state index contributed by atoms with van der Waals surface area (Å²) in [5.74, 6) is -5.64. The Hall–Kier alpha value is -3.08. The van der Waals surface area contributed by atoms with Crippen LogP contribution in [-0.4, -0.2) is 102 Å². The summed E-state index contributed by atoms with van der Waals surface area (Å²) in [4.78, 5) is 41.5. The third-order valence-corrected chi connectivity index (χ3v) is 9.46. The maximum absolute atomic E-state index is 15.7. The average Bonchev–Trinajstić information content (AvgIpc) is 3.72. The van der Waals surface area contributed by atoms with Gasteiger partial charge in [0.2, 0.25) is 0 Å². The second-order valence-electron chi connectivity index (χ2n) is 11.4. The molecule has 0 amide bonds. The van der Waals surface area contributed by atoms with Crippen molar-refractivity contribution in [3.05, 3.63) is 62.5 Å². The Bertz CT molecular complexity index is 1510. The molecule has 0 saturated carbocycles. The van der Waals surface area contributed by atoms with Crippen LogP contribution in [0.5, 0.6) is 0 Å². The minimum absolute atomic E-state index is 0.00477. The number of likely N-dealkylation sites (tertiary alicyclic amines) is 1. The lowest BCUT2D eigenvalue weighted by Crippen LogP contribution is -2.51. The molecule has 4 atom stereocenters. The monoisotopic (exact) mass is 671 g/mol. The van der Waals surface area contributed by atoms with Gasteiger partial charge in [-0.05, 0) is 26.8 Å². The second-order valence-corrected chi connectivity index (χ2v) is 12.7. The minimum atomic E-state index is -3.27. The van der Waals surface area contributed by atoms with Crippen LogP contribution in [0.25, 0.3) is 0 Å². The number of halogens is 4. The van der Waals surface area contributed by atoms with Crippen molar-refractivity contribution in [2.75, 3.05) is 40.0 Å². The first-order chi connectivity index (χ1) is 21.3. The molecule has 2 fully saturated rings. The van der Waals surface area contributed by atoms with Crippen LogP contribution >= 0.6 is 22.9 Å². The number of aromatic nitrogens is 1. The van der Waals surface area contributed by atoms with Crippen molar-refractivity contribution in [1.29, 1.82) is 0 Å². The van der Waals surface area contributed by atoms with Crippen LogP contribution in [0, 0.1) is 11.2 Å². The van der Waals surface area contributed by atoms with Crippen molar-refractivity contribution in [2.45, 2.75) is 50.9 Å². The quantitative estimate of drug-likeness (QED) is 0.340. The molecule has 2 N–H and O–H groups in total. The molecular weight excluding hydrogens is 639 g/mol. The molecule has 0 aliphatic carbocycles. The zero-order valence-electron chi connectivity index (χ0n) is 24.9. The molecule has 1 aromatic carbocycles. The fourth-order valence-electron chi connectivity index (χ4n) is 5.83. The number of methoxy groups -OCH3 is 1. The first-order valence-electron chi connectivity index (χ1n) is 14.2. The number of carboxylic acid groups (broad SMARTS) is 1. The van der Waals surface area contributed by atoms with Crippen LogP contribution < -0.4 is 5.32 Å². The minimum Gasteiger partial charge on any atom is -0.481 e. The number of carbonyl (C=O) groups is 2. The number of carbonyl (C=O) groups excluding carboxylic acids is 1. The first-order valence-corrected chi connectivity index (χ1v) is 15.4. The summed E-state index contributed by atoms with van der Waals surface area (Å²) >= 11 is 7.63. The number of esters is 1. The number of hydrogen-bond donors (Lipinski definition) is 2. The van der Waals surface area contributed by atoms with Crippen LogP contribution in [0.4, 0.5) is 13.2 Å². The number of fused-ring (bicyclic) bond motifs is 1. The number of ether oxygens (including phenoxy) is 2. The zero-order valence-corrected chi connectivity index (χ0v) is 26.5. The Labute approximate surface area is 266 Å². The Morgan fingerprint density at radius 1 is 1.36 bits per heavy atom. The van der Waals surface area contributed by atoms with Crippen LogP contribution in [-0.2, 0) is 23.9 Å². The van der Waals surface area contributed by atoms with Gasteiger partial charge in [0, 0.05) is 36.5 Å². The molecule has 0 radical (unpaired) electrons. The van der Waals surface area contributed by atoms with E-state index in [1.54, 1.807) is 18.5 Å². The number of aliphatic imine (C=N–C) groups is 1. The number of nitrogens with one attached hydrogen (secondary N) is 1. The number of carboxylic acids is 1. The summed E-state index contributed by atoms with van der Waals surface area (Å²) in [5, 5.41) is 15.8. The lowest BCUT2D eigenvalue weighted by molar-refractivity contribution is -0.205. The predicted molar refractivity (Wildman–Crippen MR) is 159 cm³/mol. The summed E-state index contributed by atoms with van der Waals surface area (Å²) in [6.07, 6.45) is 0.610.